The van der Waals surface area contributed by atoms with E-state index in [1.807, 2.05) is 12.1 Å². The molecule has 0 aliphatic heterocycles. The standard InChI is InChI=1S/C16H14FNO2/c1-2-12-9-15(17)8-7-14(12)11-20-16-6-4-3-5-13(16)10-18-19/h2-10,19H,1,11H2/b18-10+. The first-order valence-electron chi connectivity index (χ1n) is 6.04. The summed E-state index contributed by atoms with van der Waals surface area (Å²) in [5, 5.41) is 11.6. The molecular weight excluding hydrogens is 257 g/mol. The van der Waals surface area contributed by atoms with Crippen molar-refractivity contribution in [3.05, 3.63) is 71.6 Å². The molecule has 0 unspecified atom stereocenters. The molecule has 0 spiro atoms. The molecule has 1 N–H and O–H groups in total. The maximum Gasteiger partial charge on any atom is 0.128 e. The quantitative estimate of drug-likeness (QED) is 0.510. The van der Waals surface area contributed by atoms with Crippen LogP contribution in [0.25, 0.3) is 6.08 Å². The first-order chi connectivity index (χ1) is 9.74. The van der Waals surface area contributed by atoms with E-state index in [0.717, 1.165) is 5.56 Å². The lowest BCUT2D eigenvalue weighted by Gasteiger charge is -2.10. The molecule has 0 saturated heterocycles. The smallest absolute Gasteiger partial charge is 0.128 e. The lowest BCUT2D eigenvalue weighted by Crippen LogP contribution is -2.00. The Bertz CT molecular complexity index is 638. The van der Waals surface area contributed by atoms with Gasteiger partial charge in [0.1, 0.15) is 18.2 Å². The van der Waals surface area contributed by atoms with Gasteiger partial charge in [0.05, 0.1) is 6.21 Å². The van der Waals surface area contributed by atoms with Crippen molar-refractivity contribution >= 4 is 12.3 Å². The van der Waals surface area contributed by atoms with Crippen LogP contribution in [-0.2, 0) is 6.61 Å². The predicted octanol–water partition coefficient (Wildman–Crippen LogP) is 3.86. The van der Waals surface area contributed by atoms with Crippen molar-refractivity contribution in [2.24, 2.45) is 5.16 Å². The van der Waals surface area contributed by atoms with Gasteiger partial charge in [0, 0.05) is 5.56 Å². The molecule has 4 heteroatoms. The summed E-state index contributed by atoms with van der Waals surface area (Å²) in [6.45, 7) is 3.93. The zero-order chi connectivity index (χ0) is 14.4. The average molecular weight is 271 g/mol. The molecule has 2 aromatic carbocycles. The summed E-state index contributed by atoms with van der Waals surface area (Å²) in [6, 6.07) is 11.6. The summed E-state index contributed by atoms with van der Waals surface area (Å²) in [6.07, 6.45) is 2.89. The van der Waals surface area contributed by atoms with Crippen LogP contribution < -0.4 is 4.74 Å². The van der Waals surface area contributed by atoms with Gasteiger partial charge in [0.2, 0.25) is 0 Å². The van der Waals surface area contributed by atoms with Crippen molar-refractivity contribution in [1.82, 2.24) is 0 Å². The lowest BCUT2D eigenvalue weighted by molar-refractivity contribution is 0.304. The summed E-state index contributed by atoms with van der Waals surface area (Å²) in [5.41, 5.74) is 2.19. The normalized spacial score (nSPS) is 10.7. The molecule has 0 heterocycles. The van der Waals surface area contributed by atoms with Crippen LogP contribution in [-0.4, -0.2) is 11.4 Å². The van der Waals surface area contributed by atoms with Crippen LogP contribution in [0, 0.1) is 5.82 Å². The zero-order valence-electron chi connectivity index (χ0n) is 10.8. The average Bonchev–Trinajstić information content (AvgIpc) is 2.47. The lowest BCUT2D eigenvalue weighted by atomic mass is 10.1. The fourth-order valence-electron chi connectivity index (χ4n) is 1.82. The SMILES string of the molecule is C=Cc1cc(F)ccc1COc1ccccc1/C=N/O. The minimum Gasteiger partial charge on any atom is -0.488 e. The molecule has 0 amide bonds. The number of nitrogens with zero attached hydrogens (tertiary/aromatic N) is 1. The molecule has 2 rings (SSSR count). The van der Waals surface area contributed by atoms with Gasteiger partial charge in [-0.1, -0.05) is 36.0 Å². The van der Waals surface area contributed by atoms with Gasteiger partial charge in [-0.15, -0.1) is 0 Å². The fraction of sp³-hybridized carbons (Fsp3) is 0.0625. The number of hydrogen-bond acceptors (Lipinski definition) is 3. The second-order valence-electron chi connectivity index (χ2n) is 4.12. The van der Waals surface area contributed by atoms with Gasteiger partial charge in [-0.05, 0) is 35.4 Å². The molecule has 102 valence electrons. The van der Waals surface area contributed by atoms with Gasteiger partial charge in [-0.3, -0.25) is 0 Å². The predicted molar refractivity (Wildman–Crippen MR) is 76.6 cm³/mol. The Labute approximate surface area is 116 Å². The highest BCUT2D eigenvalue weighted by molar-refractivity contribution is 5.82. The Kier molecular flexibility index (Phi) is 4.50. The van der Waals surface area contributed by atoms with E-state index in [-0.39, 0.29) is 12.4 Å². The van der Waals surface area contributed by atoms with Crippen molar-refractivity contribution in [3.63, 3.8) is 0 Å². The minimum absolute atomic E-state index is 0.276. The van der Waals surface area contributed by atoms with Crippen LogP contribution in [0.2, 0.25) is 0 Å². The summed E-state index contributed by atoms with van der Waals surface area (Å²) in [7, 11) is 0. The number of oxime groups is 1. The minimum atomic E-state index is -0.309. The third kappa shape index (κ3) is 3.23. The zero-order valence-corrected chi connectivity index (χ0v) is 10.8. The van der Waals surface area contributed by atoms with E-state index in [2.05, 4.69) is 11.7 Å². The van der Waals surface area contributed by atoms with E-state index in [9.17, 15) is 4.39 Å². The molecule has 3 nitrogen and oxygen atoms in total. The van der Waals surface area contributed by atoms with Crippen molar-refractivity contribution in [1.29, 1.82) is 0 Å². The van der Waals surface area contributed by atoms with Gasteiger partial charge in [0.25, 0.3) is 0 Å². The largest absolute Gasteiger partial charge is 0.488 e. The number of ether oxygens (including phenoxy) is 1. The summed E-state index contributed by atoms with van der Waals surface area (Å²) in [4.78, 5) is 0. The van der Waals surface area contributed by atoms with Gasteiger partial charge in [-0.25, -0.2) is 4.39 Å². The third-order valence-corrected chi connectivity index (χ3v) is 2.83. The van der Waals surface area contributed by atoms with Crippen molar-refractivity contribution in [3.8, 4) is 5.75 Å². The molecule has 0 saturated carbocycles. The van der Waals surface area contributed by atoms with Gasteiger partial charge >= 0.3 is 0 Å². The van der Waals surface area contributed by atoms with Crippen LogP contribution in [0.15, 0.2) is 54.2 Å². The van der Waals surface area contributed by atoms with E-state index in [4.69, 9.17) is 9.94 Å². The number of rotatable bonds is 5. The fourth-order valence-corrected chi connectivity index (χ4v) is 1.82. The molecule has 0 bridgehead atoms. The number of halogens is 1. The Morgan fingerprint density at radius 3 is 2.75 bits per heavy atom. The summed E-state index contributed by atoms with van der Waals surface area (Å²) >= 11 is 0. The number of benzene rings is 2. The van der Waals surface area contributed by atoms with Gasteiger partial charge in [-0.2, -0.15) is 0 Å². The Hall–Kier alpha value is -2.62. The van der Waals surface area contributed by atoms with Gasteiger partial charge < -0.3 is 9.94 Å². The molecule has 2 aromatic rings. The monoisotopic (exact) mass is 271 g/mol. The van der Waals surface area contributed by atoms with Crippen molar-refractivity contribution < 1.29 is 14.3 Å². The first kappa shape index (κ1) is 13.8. The van der Waals surface area contributed by atoms with Crippen LogP contribution in [0.3, 0.4) is 0 Å². The number of para-hydroxylation sites is 1. The highest BCUT2D eigenvalue weighted by Crippen LogP contribution is 2.20. The van der Waals surface area contributed by atoms with Crippen molar-refractivity contribution in [2.75, 3.05) is 0 Å². The molecular formula is C16H14FNO2. The van der Waals surface area contributed by atoms with E-state index in [1.54, 1.807) is 24.3 Å². The highest BCUT2D eigenvalue weighted by Gasteiger charge is 2.05. The van der Waals surface area contributed by atoms with Crippen LogP contribution in [0.5, 0.6) is 5.75 Å². The van der Waals surface area contributed by atoms with Crippen LogP contribution >= 0.6 is 0 Å². The van der Waals surface area contributed by atoms with Gasteiger partial charge in [0.15, 0.2) is 0 Å². The first-order valence-corrected chi connectivity index (χ1v) is 6.04. The number of hydrogen-bond donors (Lipinski definition) is 1. The Morgan fingerprint density at radius 2 is 2.00 bits per heavy atom. The molecule has 0 aromatic heterocycles. The Morgan fingerprint density at radius 1 is 1.20 bits per heavy atom. The third-order valence-electron chi connectivity index (χ3n) is 2.83. The summed E-state index contributed by atoms with van der Waals surface area (Å²) < 4.78 is 18.8. The second-order valence-corrected chi connectivity index (χ2v) is 4.12. The Balaban J connectivity index is 2.19. The van der Waals surface area contributed by atoms with E-state index in [0.29, 0.717) is 16.9 Å². The highest BCUT2D eigenvalue weighted by atomic mass is 19.1. The van der Waals surface area contributed by atoms with Crippen LogP contribution in [0.4, 0.5) is 4.39 Å². The van der Waals surface area contributed by atoms with Crippen LogP contribution in [0.1, 0.15) is 16.7 Å². The molecule has 0 radical (unpaired) electrons. The van der Waals surface area contributed by atoms with E-state index >= 15 is 0 Å². The second kappa shape index (κ2) is 6.52. The molecule has 0 fully saturated rings. The molecule has 0 aliphatic carbocycles. The molecule has 20 heavy (non-hydrogen) atoms. The topological polar surface area (TPSA) is 41.8 Å². The summed E-state index contributed by atoms with van der Waals surface area (Å²) in [5.74, 6) is 0.279. The maximum atomic E-state index is 13.1. The molecule has 0 atom stereocenters. The maximum absolute atomic E-state index is 13.1. The van der Waals surface area contributed by atoms with E-state index < -0.39 is 0 Å². The van der Waals surface area contributed by atoms with E-state index in [1.165, 1.54) is 18.3 Å². The van der Waals surface area contributed by atoms with Crippen molar-refractivity contribution in [2.45, 2.75) is 6.61 Å². The molecule has 0 aliphatic rings.